The smallest absolute Gasteiger partial charge is 0.227 e. The zero-order valence-corrected chi connectivity index (χ0v) is 13.1. The molecule has 0 saturated carbocycles. The van der Waals surface area contributed by atoms with Crippen LogP contribution in [0.5, 0.6) is 0 Å². The predicted octanol–water partition coefficient (Wildman–Crippen LogP) is 1.19. The van der Waals surface area contributed by atoms with Gasteiger partial charge in [0.2, 0.25) is 5.91 Å². The van der Waals surface area contributed by atoms with Crippen LogP contribution in [0.4, 0.5) is 5.82 Å². The third kappa shape index (κ3) is 3.21. The van der Waals surface area contributed by atoms with Crippen molar-refractivity contribution in [3.63, 3.8) is 0 Å². The molecule has 6 nitrogen and oxygen atoms in total. The summed E-state index contributed by atoms with van der Waals surface area (Å²) in [5.74, 6) is 1.35. The largest absolute Gasteiger partial charge is 0.384 e. The maximum Gasteiger partial charge on any atom is 0.227 e. The van der Waals surface area contributed by atoms with Crippen LogP contribution < -0.4 is 4.90 Å². The fourth-order valence-electron chi connectivity index (χ4n) is 3.52. The lowest BCUT2D eigenvalue weighted by Gasteiger charge is -2.30. The first-order valence-electron chi connectivity index (χ1n) is 8.08. The van der Waals surface area contributed by atoms with Crippen LogP contribution in [0, 0.1) is 11.8 Å². The minimum absolute atomic E-state index is 0.0000520. The Morgan fingerprint density at radius 3 is 2.77 bits per heavy atom. The van der Waals surface area contributed by atoms with Gasteiger partial charge in [-0.15, -0.1) is 0 Å². The van der Waals surface area contributed by atoms with Crippen molar-refractivity contribution in [2.45, 2.75) is 19.3 Å². The van der Waals surface area contributed by atoms with Crippen molar-refractivity contribution >= 4 is 11.7 Å². The molecule has 1 aromatic rings. The first-order valence-corrected chi connectivity index (χ1v) is 8.08. The Kier molecular flexibility index (Phi) is 4.87. The number of rotatable bonds is 4. The molecule has 3 rings (SSSR count). The first-order chi connectivity index (χ1) is 10.8. The van der Waals surface area contributed by atoms with Crippen molar-refractivity contribution in [3.8, 4) is 0 Å². The molecule has 22 heavy (non-hydrogen) atoms. The minimum atomic E-state index is 0.0000520. The van der Waals surface area contributed by atoms with E-state index >= 15 is 0 Å². The number of likely N-dealkylation sites (tertiary alicyclic amines) is 1. The number of aromatic nitrogens is 2. The van der Waals surface area contributed by atoms with Crippen molar-refractivity contribution in [1.29, 1.82) is 0 Å². The SMILES string of the molecule is COC[C@@H]1CN(c2cnccn2)C[C@H]1C(=O)N1CCCCC1. The monoisotopic (exact) mass is 304 g/mol. The van der Waals surface area contributed by atoms with E-state index in [4.69, 9.17) is 4.74 Å². The highest BCUT2D eigenvalue weighted by Crippen LogP contribution is 2.29. The van der Waals surface area contributed by atoms with Gasteiger partial charge < -0.3 is 14.5 Å². The van der Waals surface area contributed by atoms with Crippen molar-refractivity contribution < 1.29 is 9.53 Å². The normalized spacial score (nSPS) is 25.5. The van der Waals surface area contributed by atoms with Crippen LogP contribution >= 0.6 is 0 Å². The van der Waals surface area contributed by atoms with Crippen LogP contribution in [-0.2, 0) is 9.53 Å². The number of amides is 1. The average Bonchev–Trinajstić information content (AvgIpc) is 3.00. The van der Waals surface area contributed by atoms with Crippen LogP contribution in [0.3, 0.4) is 0 Å². The fourth-order valence-corrected chi connectivity index (χ4v) is 3.52. The lowest BCUT2D eigenvalue weighted by Crippen LogP contribution is -2.42. The van der Waals surface area contributed by atoms with E-state index in [1.165, 1.54) is 6.42 Å². The molecule has 2 aliphatic rings. The summed E-state index contributed by atoms with van der Waals surface area (Å²) in [7, 11) is 1.70. The van der Waals surface area contributed by atoms with Crippen LogP contribution in [0.15, 0.2) is 18.6 Å². The third-order valence-corrected chi connectivity index (χ3v) is 4.68. The lowest BCUT2D eigenvalue weighted by molar-refractivity contribution is -0.137. The second kappa shape index (κ2) is 7.05. The first kappa shape index (κ1) is 15.2. The van der Waals surface area contributed by atoms with Gasteiger partial charge >= 0.3 is 0 Å². The Hall–Kier alpha value is -1.69. The van der Waals surface area contributed by atoms with Crippen molar-refractivity contribution in [2.75, 3.05) is 44.8 Å². The van der Waals surface area contributed by atoms with E-state index in [0.29, 0.717) is 13.2 Å². The molecule has 1 amide bonds. The number of carbonyl (C=O) groups is 1. The summed E-state index contributed by atoms with van der Waals surface area (Å²) in [5.41, 5.74) is 0. The molecule has 3 heterocycles. The number of nitrogens with zero attached hydrogens (tertiary/aromatic N) is 4. The fraction of sp³-hybridized carbons (Fsp3) is 0.688. The van der Waals surface area contributed by atoms with Gasteiger partial charge in [-0.2, -0.15) is 0 Å². The van der Waals surface area contributed by atoms with Crippen LogP contribution in [0.2, 0.25) is 0 Å². The topological polar surface area (TPSA) is 58.6 Å². The standard InChI is InChI=1S/C16H24N4O2/c1-22-12-13-10-20(15-9-17-5-6-18-15)11-14(13)16(21)19-7-3-2-4-8-19/h5-6,9,13-14H,2-4,7-8,10-12H2,1H3/t13-,14+/m0/s1. The molecular weight excluding hydrogens is 280 g/mol. The molecule has 120 valence electrons. The summed E-state index contributed by atoms with van der Waals surface area (Å²) in [4.78, 5) is 25.6. The number of methoxy groups -OCH3 is 1. The summed E-state index contributed by atoms with van der Waals surface area (Å²) in [6.07, 6.45) is 8.62. The summed E-state index contributed by atoms with van der Waals surface area (Å²) < 4.78 is 5.34. The highest BCUT2D eigenvalue weighted by molar-refractivity contribution is 5.80. The van der Waals surface area contributed by atoms with Crippen LogP contribution in [0.25, 0.3) is 0 Å². The predicted molar refractivity (Wildman–Crippen MR) is 83.5 cm³/mol. The molecule has 2 atom stereocenters. The molecule has 0 aromatic carbocycles. The van der Waals surface area contributed by atoms with Crippen molar-refractivity contribution in [3.05, 3.63) is 18.6 Å². The van der Waals surface area contributed by atoms with Crippen molar-refractivity contribution in [2.24, 2.45) is 11.8 Å². The number of hydrogen-bond acceptors (Lipinski definition) is 5. The quantitative estimate of drug-likeness (QED) is 0.836. The molecule has 0 aliphatic carbocycles. The van der Waals surface area contributed by atoms with Crippen LogP contribution in [0.1, 0.15) is 19.3 Å². The highest BCUT2D eigenvalue weighted by Gasteiger charge is 2.40. The Morgan fingerprint density at radius 1 is 1.27 bits per heavy atom. The second-order valence-corrected chi connectivity index (χ2v) is 6.18. The van der Waals surface area contributed by atoms with Crippen LogP contribution in [-0.4, -0.2) is 60.7 Å². The summed E-state index contributed by atoms with van der Waals surface area (Å²) in [6.45, 7) is 3.93. The zero-order chi connectivity index (χ0) is 15.4. The summed E-state index contributed by atoms with van der Waals surface area (Å²) in [5, 5.41) is 0. The second-order valence-electron chi connectivity index (χ2n) is 6.18. The number of hydrogen-bond donors (Lipinski definition) is 0. The molecule has 0 N–H and O–H groups in total. The van der Waals surface area contributed by atoms with E-state index in [1.54, 1.807) is 25.7 Å². The van der Waals surface area contributed by atoms with Gasteiger partial charge in [0.1, 0.15) is 5.82 Å². The van der Waals surface area contributed by atoms with E-state index in [9.17, 15) is 4.79 Å². The van der Waals surface area contributed by atoms with E-state index in [0.717, 1.165) is 38.3 Å². The average molecular weight is 304 g/mol. The molecule has 0 unspecified atom stereocenters. The van der Waals surface area contributed by atoms with Gasteiger partial charge in [-0.25, -0.2) is 4.98 Å². The zero-order valence-electron chi connectivity index (χ0n) is 13.1. The Balaban J connectivity index is 1.72. The maximum atomic E-state index is 12.9. The number of piperidine rings is 1. The molecule has 6 heteroatoms. The number of ether oxygens (including phenoxy) is 1. The molecule has 0 spiro atoms. The summed E-state index contributed by atoms with van der Waals surface area (Å²) >= 11 is 0. The van der Waals surface area contributed by atoms with E-state index in [1.807, 2.05) is 4.90 Å². The molecule has 0 radical (unpaired) electrons. The molecular formula is C16H24N4O2. The lowest BCUT2D eigenvalue weighted by atomic mass is 9.94. The van der Waals surface area contributed by atoms with E-state index in [2.05, 4.69) is 14.9 Å². The van der Waals surface area contributed by atoms with Gasteiger partial charge in [0.05, 0.1) is 18.7 Å². The highest BCUT2D eigenvalue weighted by atomic mass is 16.5. The van der Waals surface area contributed by atoms with Gasteiger partial charge in [-0.05, 0) is 19.3 Å². The van der Waals surface area contributed by atoms with E-state index in [-0.39, 0.29) is 17.7 Å². The molecule has 2 aliphatic heterocycles. The Morgan fingerprint density at radius 2 is 2.09 bits per heavy atom. The van der Waals surface area contributed by atoms with E-state index < -0.39 is 0 Å². The van der Waals surface area contributed by atoms with Gasteiger partial charge in [0.15, 0.2) is 0 Å². The Labute approximate surface area is 131 Å². The number of carbonyl (C=O) groups excluding carboxylic acids is 1. The minimum Gasteiger partial charge on any atom is -0.384 e. The van der Waals surface area contributed by atoms with Gasteiger partial charge in [0, 0.05) is 51.6 Å². The van der Waals surface area contributed by atoms with Crippen molar-refractivity contribution in [1.82, 2.24) is 14.9 Å². The number of anilines is 1. The maximum absolute atomic E-state index is 12.9. The van der Waals surface area contributed by atoms with Gasteiger partial charge in [0.25, 0.3) is 0 Å². The molecule has 2 saturated heterocycles. The molecule has 1 aromatic heterocycles. The van der Waals surface area contributed by atoms with Gasteiger partial charge in [-0.3, -0.25) is 9.78 Å². The Bertz CT molecular complexity index is 490. The van der Waals surface area contributed by atoms with Gasteiger partial charge in [-0.1, -0.05) is 0 Å². The summed E-state index contributed by atoms with van der Waals surface area (Å²) in [6, 6.07) is 0. The third-order valence-electron chi connectivity index (χ3n) is 4.68. The molecule has 0 bridgehead atoms. The molecule has 2 fully saturated rings.